The van der Waals surface area contributed by atoms with E-state index in [-0.39, 0.29) is 5.56 Å². The molecule has 8 heteroatoms. The van der Waals surface area contributed by atoms with E-state index in [1.54, 1.807) is 12.5 Å². The molecular formula is C23H24N6O2. The Morgan fingerprint density at radius 2 is 1.94 bits per heavy atom. The van der Waals surface area contributed by atoms with Gasteiger partial charge >= 0.3 is 0 Å². The van der Waals surface area contributed by atoms with Crippen molar-refractivity contribution in [3.05, 3.63) is 70.6 Å². The molecule has 0 aliphatic carbocycles. The number of aromatic amines is 1. The number of hydrogen-bond acceptors (Lipinski definition) is 7. The van der Waals surface area contributed by atoms with Crippen molar-refractivity contribution in [2.24, 2.45) is 0 Å². The van der Waals surface area contributed by atoms with Gasteiger partial charge in [0.15, 0.2) is 0 Å². The summed E-state index contributed by atoms with van der Waals surface area (Å²) in [6.45, 7) is 6.55. The lowest BCUT2D eigenvalue weighted by Crippen LogP contribution is -2.46. The monoisotopic (exact) mass is 416 g/mol. The number of rotatable bonds is 5. The molecule has 0 aromatic carbocycles. The van der Waals surface area contributed by atoms with Gasteiger partial charge in [-0.15, -0.1) is 0 Å². The summed E-state index contributed by atoms with van der Waals surface area (Å²) >= 11 is 0. The molecule has 8 nitrogen and oxygen atoms in total. The zero-order valence-corrected chi connectivity index (χ0v) is 17.4. The van der Waals surface area contributed by atoms with E-state index < -0.39 is 0 Å². The molecule has 0 unspecified atom stereocenters. The number of pyridine rings is 3. The SMILES string of the molecule is CCc1cc2ncc(CN3CCN(c4ccc(-c5ncco5)nc4)CC3)cc2[nH]c1=O. The van der Waals surface area contributed by atoms with Crippen molar-refractivity contribution in [3.8, 4) is 11.6 Å². The molecule has 1 saturated heterocycles. The molecular weight excluding hydrogens is 392 g/mol. The second-order valence-electron chi connectivity index (χ2n) is 7.76. The Hall–Kier alpha value is -3.52. The molecule has 0 spiro atoms. The van der Waals surface area contributed by atoms with E-state index in [4.69, 9.17) is 4.42 Å². The van der Waals surface area contributed by atoms with E-state index in [0.29, 0.717) is 12.3 Å². The van der Waals surface area contributed by atoms with E-state index in [1.165, 1.54) is 0 Å². The highest BCUT2D eigenvalue weighted by molar-refractivity contribution is 5.74. The molecule has 4 aromatic heterocycles. The number of aromatic nitrogens is 4. The molecule has 0 radical (unpaired) electrons. The molecule has 0 atom stereocenters. The second-order valence-corrected chi connectivity index (χ2v) is 7.76. The second kappa shape index (κ2) is 8.31. The largest absolute Gasteiger partial charge is 0.443 e. The number of fused-ring (bicyclic) bond motifs is 1. The first kappa shape index (κ1) is 19.4. The fraction of sp³-hybridized carbons (Fsp3) is 0.304. The average molecular weight is 416 g/mol. The first-order chi connectivity index (χ1) is 15.2. The third kappa shape index (κ3) is 4.06. The molecule has 1 N–H and O–H groups in total. The van der Waals surface area contributed by atoms with E-state index >= 15 is 0 Å². The number of aryl methyl sites for hydroxylation is 1. The maximum absolute atomic E-state index is 12.1. The quantitative estimate of drug-likeness (QED) is 0.535. The third-order valence-electron chi connectivity index (χ3n) is 5.75. The number of anilines is 1. The molecule has 1 fully saturated rings. The Morgan fingerprint density at radius 1 is 1.06 bits per heavy atom. The van der Waals surface area contributed by atoms with Crippen LogP contribution in [0.25, 0.3) is 22.6 Å². The van der Waals surface area contributed by atoms with E-state index in [1.807, 2.05) is 37.5 Å². The Bertz CT molecular complexity index is 1230. The highest BCUT2D eigenvalue weighted by Crippen LogP contribution is 2.21. The van der Waals surface area contributed by atoms with Crippen LogP contribution in [0.2, 0.25) is 0 Å². The Kier molecular flexibility index (Phi) is 5.21. The molecule has 1 aliphatic heterocycles. The molecule has 0 bridgehead atoms. The average Bonchev–Trinajstić information content (AvgIpc) is 3.34. The van der Waals surface area contributed by atoms with Crippen molar-refractivity contribution >= 4 is 16.7 Å². The molecule has 31 heavy (non-hydrogen) atoms. The van der Waals surface area contributed by atoms with Crippen LogP contribution in [0.3, 0.4) is 0 Å². The smallest absolute Gasteiger partial charge is 0.251 e. The summed E-state index contributed by atoms with van der Waals surface area (Å²) in [5.41, 5.74) is 5.34. The van der Waals surface area contributed by atoms with E-state index in [0.717, 1.165) is 66.3 Å². The zero-order valence-electron chi connectivity index (χ0n) is 17.4. The summed E-state index contributed by atoms with van der Waals surface area (Å²) in [4.78, 5) is 33.0. The third-order valence-corrected chi connectivity index (χ3v) is 5.75. The predicted octanol–water partition coefficient (Wildman–Crippen LogP) is 2.86. The summed E-state index contributed by atoms with van der Waals surface area (Å²) in [5.74, 6) is 0.535. The highest BCUT2D eigenvalue weighted by atomic mass is 16.3. The summed E-state index contributed by atoms with van der Waals surface area (Å²) < 4.78 is 5.30. The number of hydrogen-bond donors (Lipinski definition) is 1. The van der Waals surface area contributed by atoms with Gasteiger partial charge in [-0.3, -0.25) is 14.7 Å². The summed E-state index contributed by atoms with van der Waals surface area (Å²) in [7, 11) is 0. The molecule has 5 rings (SSSR count). The van der Waals surface area contributed by atoms with Crippen molar-refractivity contribution in [1.82, 2.24) is 24.8 Å². The normalized spacial score (nSPS) is 14.9. The number of nitrogens with one attached hydrogen (secondary N) is 1. The maximum atomic E-state index is 12.1. The minimum atomic E-state index is -0.0231. The van der Waals surface area contributed by atoms with Crippen LogP contribution in [-0.4, -0.2) is 51.0 Å². The van der Waals surface area contributed by atoms with Gasteiger partial charge < -0.3 is 14.3 Å². The lowest BCUT2D eigenvalue weighted by atomic mass is 10.1. The van der Waals surface area contributed by atoms with Gasteiger partial charge in [-0.2, -0.15) is 0 Å². The fourth-order valence-electron chi connectivity index (χ4n) is 3.99. The first-order valence-electron chi connectivity index (χ1n) is 10.5. The standard InChI is InChI=1S/C23H24N6O2/c1-2-17-12-20-21(27-22(17)30)11-16(13-25-20)15-28-6-8-29(9-7-28)18-3-4-19(26-14-18)23-24-5-10-31-23/h3-5,10-14H,2,6-9,15H2,1H3,(H,27,30). The molecule has 0 saturated carbocycles. The summed E-state index contributed by atoms with van der Waals surface area (Å²) in [6, 6.07) is 7.94. The van der Waals surface area contributed by atoms with Gasteiger partial charge in [-0.1, -0.05) is 6.92 Å². The highest BCUT2D eigenvalue weighted by Gasteiger charge is 2.18. The van der Waals surface area contributed by atoms with Crippen LogP contribution in [-0.2, 0) is 13.0 Å². The van der Waals surface area contributed by atoms with Crippen LogP contribution in [0.15, 0.2) is 58.3 Å². The Balaban J connectivity index is 1.22. The minimum Gasteiger partial charge on any atom is -0.443 e. The number of nitrogens with zero attached hydrogens (tertiary/aromatic N) is 5. The van der Waals surface area contributed by atoms with E-state index in [2.05, 4.69) is 35.8 Å². The molecule has 5 heterocycles. The van der Waals surface area contributed by atoms with Gasteiger partial charge in [-0.25, -0.2) is 9.97 Å². The zero-order chi connectivity index (χ0) is 21.2. The van der Waals surface area contributed by atoms with Crippen molar-refractivity contribution < 1.29 is 4.42 Å². The van der Waals surface area contributed by atoms with Crippen molar-refractivity contribution in [1.29, 1.82) is 0 Å². The molecule has 4 aromatic rings. The van der Waals surface area contributed by atoms with Crippen LogP contribution in [0.4, 0.5) is 5.69 Å². The van der Waals surface area contributed by atoms with Gasteiger partial charge in [0.1, 0.15) is 12.0 Å². The maximum Gasteiger partial charge on any atom is 0.251 e. The van der Waals surface area contributed by atoms with E-state index in [9.17, 15) is 4.79 Å². The van der Waals surface area contributed by atoms with Crippen LogP contribution in [0.5, 0.6) is 0 Å². The molecule has 1 aliphatic rings. The van der Waals surface area contributed by atoms with Crippen LogP contribution < -0.4 is 10.5 Å². The Morgan fingerprint density at radius 3 is 2.65 bits per heavy atom. The van der Waals surface area contributed by atoms with Gasteiger partial charge in [0, 0.05) is 44.5 Å². The minimum absolute atomic E-state index is 0.0231. The summed E-state index contributed by atoms with van der Waals surface area (Å²) in [5, 5.41) is 0. The summed E-state index contributed by atoms with van der Waals surface area (Å²) in [6.07, 6.45) is 7.67. The Labute approximate surface area is 179 Å². The topological polar surface area (TPSA) is 91.2 Å². The van der Waals surface area contributed by atoms with Gasteiger partial charge in [0.25, 0.3) is 5.56 Å². The number of oxazole rings is 1. The number of piperazine rings is 1. The van der Waals surface area contributed by atoms with Gasteiger partial charge in [0.2, 0.25) is 5.89 Å². The van der Waals surface area contributed by atoms with Gasteiger partial charge in [-0.05, 0) is 36.2 Å². The van der Waals surface area contributed by atoms with Gasteiger partial charge in [0.05, 0.1) is 29.1 Å². The number of H-pyrrole nitrogens is 1. The fourth-order valence-corrected chi connectivity index (χ4v) is 3.99. The van der Waals surface area contributed by atoms with Crippen LogP contribution in [0, 0.1) is 0 Å². The van der Waals surface area contributed by atoms with Crippen molar-refractivity contribution in [2.45, 2.75) is 19.9 Å². The van der Waals surface area contributed by atoms with Crippen molar-refractivity contribution in [2.75, 3.05) is 31.1 Å². The predicted molar refractivity (Wildman–Crippen MR) is 119 cm³/mol. The van der Waals surface area contributed by atoms with Crippen LogP contribution in [0.1, 0.15) is 18.1 Å². The lowest BCUT2D eigenvalue weighted by molar-refractivity contribution is 0.249. The molecule has 0 amide bonds. The lowest BCUT2D eigenvalue weighted by Gasteiger charge is -2.36. The first-order valence-corrected chi connectivity index (χ1v) is 10.5. The van der Waals surface area contributed by atoms with Crippen molar-refractivity contribution in [3.63, 3.8) is 0 Å². The van der Waals surface area contributed by atoms with Crippen LogP contribution >= 0.6 is 0 Å². The molecule has 158 valence electrons.